The molecule has 0 rings (SSSR count). The Morgan fingerprint density at radius 2 is 2.27 bits per heavy atom. The lowest BCUT2D eigenvalue weighted by molar-refractivity contribution is -0.138. The fraction of sp³-hybridized carbons (Fsp3) is 0.625. The molecule has 0 spiro atoms. The van der Waals surface area contributed by atoms with Crippen molar-refractivity contribution in [2.24, 2.45) is 0 Å². The predicted molar refractivity (Wildman–Crippen MR) is 41.0 cm³/mol. The first-order chi connectivity index (χ1) is 5.20. The van der Waals surface area contributed by atoms with Crippen LogP contribution in [0.2, 0.25) is 0 Å². The number of carbonyl (C=O) groups excluding carboxylic acids is 1. The molecule has 0 heterocycles. The lowest BCUT2D eigenvalue weighted by atomic mass is 10.2. The Bertz CT molecular complexity index is 152. The average molecular weight is 160 g/mol. The molecule has 0 amide bonds. The van der Waals surface area contributed by atoms with Crippen LogP contribution in [0.4, 0.5) is 4.39 Å². The minimum atomic E-state index is -0.620. The van der Waals surface area contributed by atoms with Crippen LogP contribution in [0, 0.1) is 0 Å². The average Bonchev–Trinajstić information content (AvgIpc) is 2.00. The molecule has 3 heteroatoms. The van der Waals surface area contributed by atoms with Crippen LogP contribution in [0.1, 0.15) is 20.3 Å². The van der Waals surface area contributed by atoms with Gasteiger partial charge in [0.05, 0.1) is 0 Å². The molecule has 0 aliphatic carbocycles. The largest absolute Gasteiger partial charge is 0.460 e. The predicted octanol–water partition coefficient (Wildman–Crippen LogP) is 1.86. The van der Waals surface area contributed by atoms with E-state index in [1.54, 1.807) is 0 Å². The highest BCUT2D eigenvalue weighted by molar-refractivity contribution is 5.82. The second-order valence-electron chi connectivity index (χ2n) is 2.20. The van der Waals surface area contributed by atoms with E-state index in [-0.39, 0.29) is 6.61 Å². The third-order valence-electron chi connectivity index (χ3n) is 1.24. The highest BCUT2D eigenvalue weighted by Crippen LogP contribution is 1.97. The molecule has 0 aromatic heterocycles. The van der Waals surface area contributed by atoms with Gasteiger partial charge in [0.2, 0.25) is 0 Å². The summed E-state index contributed by atoms with van der Waals surface area (Å²) in [4.78, 5) is 10.7. The molecule has 11 heavy (non-hydrogen) atoms. The number of carbonyl (C=O) groups is 1. The van der Waals surface area contributed by atoms with Crippen molar-refractivity contribution in [2.45, 2.75) is 20.3 Å². The van der Waals surface area contributed by atoms with Crippen LogP contribution in [0.15, 0.2) is 11.6 Å². The summed E-state index contributed by atoms with van der Waals surface area (Å²) in [6, 6.07) is 0. The van der Waals surface area contributed by atoms with Crippen molar-refractivity contribution in [2.75, 3.05) is 13.3 Å². The maximum atomic E-state index is 11.5. The summed E-state index contributed by atoms with van der Waals surface area (Å²) in [5.41, 5.74) is 0.939. The topological polar surface area (TPSA) is 26.3 Å². The molecule has 64 valence electrons. The van der Waals surface area contributed by atoms with E-state index in [0.717, 1.165) is 12.0 Å². The third-order valence-corrected chi connectivity index (χ3v) is 1.24. The number of hydrogen-bond acceptors (Lipinski definition) is 2. The van der Waals surface area contributed by atoms with Crippen LogP contribution < -0.4 is 0 Å². The summed E-state index contributed by atoms with van der Waals surface area (Å²) in [7, 11) is 0. The van der Waals surface area contributed by atoms with E-state index in [2.05, 4.69) is 4.74 Å². The maximum absolute atomic E-state index is 11.5. The van der Waals surface area contributed by atoms with Crippen LogP contribution in [-0.2, 0) is 9.53 Å². The lowest BCUT2D eigenvalue weighted by Crippen LogP contribution is -2.03. The monoisotopic (exact) mass is 160 g/mol. The summed E-state index contributed by atoms with van der Waals surface area (Å²) in [5, 5.41) is 0. The van der Waals surface area contributed by atoms with Crippen LogP contribution in [0.3, 0.4) is 0 Å². The first-order valence-corrected chi connectivity index (χ1v) is 3.60. The number of allylic oxidation sites excluding steroid dienone is 1. The van der Waals surface area contributed by atoms with Gasteiger partial charge in [0.25, 0.3) is 0 Å². The second kappa shape index (κ2) is 5.89. The molecule has 0 saturated carbocycles. The van der Waals surface area contributed by atoms with Gasteiger partial charge in [-0.1, -0.05) is 12.5 Å². The van der Waals surface area contributed by atoms with Gasteiger partial charge >= 0.3 is 5.97 Å². The smallest absolute Gasteiger partial charge is 0.330 e. The molecule has 0 aliphatic rings. The number of rotatable bonds is 4. The number of halogens is 1. The van der Waals surface area contributed by atoms with Crippen molar-refractivity contribution >= 4 is 5.97 Å². The van der Waals surface area contributed by atoms with Gasteiger partial charge in [0.15, 0.2) is 0 Å². The number of alkyl halides is 1. The number of ether oxygens (including phenoxy) is 1. The summed E-state index contributed by atoms with van der Waals surface area (Å²) < 4.78 is 15.9. The highest BCUT2D eigenvalue weighted by Gasteiger charge is 1.96. The Labute approximate surface area is 66.0 Å². The Kier molecular flexibility index (Phi) is 5.43. The molecule has 2 nitrogen and oxygen atoms in total. The summed E-state index contributed by atoms with van der Waals surface area (Å²) in [6.07, 6.45) is 2.19. The van der Waals surface area contributed by atoms with Crippen LogP contribution in [-0.4, -0.2) is 19.3 Å². The van der Waals surface area contributed by atoms with E-state index >= 15 is 0 Å². The normalized spacial score (nSPS) is 11.4. The molecule has 0 aromatic rings. The zero-order valence-electron chi connectivity index (χ0n) is 6.89. The lowest BCUT2D eigenvalue weighted by Gasteiger charge is -1.97. The first kappa shape index (κ1) is 10.1. The Balaban J connectivity index is 3.67. The van der Waals surface area contributed by atoms with Crippen molar-refractivity contribution in [3.63, 3.8) is 0 Å². The number of esters is 1. The zero-order valence-corrected chi connectivity index (χ0v) is 6.89. The molecule has 0 aromatic carbocycles. The molecule has 0 aliphatic heterocycles. The van der Waals surface area contributed by atoms with Crippen molar-refractivity contribution in [3.05, 3.63) is 11.6 Å². The van der Waals surface area contributed by atoms with Gasteiger partial charge in [-0.05, 0) is 13.3 Å². The van der Waals surface area contributed by atoms with Crippen molar-refractivity contribution in [1.29, 1.82) is 0 Å². The maximum Gasteiger partial charge on any atom is 0.330 e. The van der Waals surface area contributed by atoms with E-state index in [9.17, 15) is 9.18 Å². The Hall–Kier alpha value is -0.860. The molecule has 0 bridgehead atoms. The minimum Gasteiger partial charge on any atom is -0.460 e. The van der Waals surface area contributed by atoms with Gasteiger partial charge in [-0.3, -0.25) is 0 Å². The fourth-order valence-electron chi connectivity index (χ4n) is 0.484. The van der Waals surface area contributed by atoms with Crippen LogP contribution in [0.25, 0.3) is 0 Å². The van der Waals surface area contributed by atoms with Gasteiger partial charge < -0.3 is 4.74 Å². The van der Waals surface area contributed by atoms with E-state index in [1.807, 2.05) is 13.8 Å². The quantitative estimate of drug-likeness (QED) is 0.463. The van der Waals surface area contributed by atoms with Crippen LogP contribution in [0.5, 0.6) is 0 Å². The van der Waals surface area contributed by atoms with Gasteiger partial charge in [0, 0.05) is 6.08 Å². The molecule has 0 N–H and O–H groups in total. The van der Waals surface area contributed by atoms with Gasteiger partial charge in [0.1, 0.15) is 13.3 Å². The van der Waals surface area contributed by atoms with E-state index in [4.69, 9.17) is 0 Å². The highest BCUT2D eigenvalue weighted by atomic mass is 19.1. The number of hydrogen-bond donors (Lipinski definition) is 0. The van der Waals surface area contributed by atoms with E-state index in [1.165, 1.54) is 6.08 Å². The first-order valence-electron chi connectivity index (χ1n) is 3.60. The Morgan fingerprint density at radius 1 is 1.64 bits per heavy atom. The van der Waals surface area contributed by atoms with Gasteiger partial charge in [-0.2, -0.15) is 0 Å². The molecular weight excluding hydrogens is 147 g/mol. The molecule has 0 atom stereocenters. The van der Waals surface area contributed by atoms with Gasteiger partial charge in [-0.15, -0.1) is 0 Å². The van der Waals surface area contributed by atoms with Crippen molar-refractivity contribution in [1.82, 2.24) is 0 Å². The van der Waals surface area contributed by atoms with Crippen molar-refractivity contribution < 1.29 is 13.9 Å². The summed E-state index contributed by atoms with van der Waals surface area (Å²) in [6.45, 7) is 3.00. The van der Waals surface area contributed by atoms with Crippen molar-refractivity contribution in [3.8, 4) is 0 Å². The standard InChI is InChI=1S/C8H13FO2/c1-3-7(2)6-8(10)11-5-4-9/h6H,3-5H2,1-2H3/b7-6+. The molecule has 0 radical (unpaired) electrons. The second-order valence-corrected chi connectivity index (χ2v) is 2.20. The van der Waals surface area contributed by atoms with E-state index < -0.39 is 12.6 Å². The Morgan fingerprint density at radius 3 is 2.73 bits per heavy atom. The summed E-state index contributed by atoms with van der Waals surface area (Å²) in [5.74, 6) is -0.456. The molecule has 0 unspecified atom stereocenters. The van der Waals surface area contributed by atoms with Gasteiger partial charge in [-0.25, -0.2) is 9.18 Å². The summed E-state index contributed by atoms with van der Waals surface area (Å²) >= 11 is 0. The molecule has 0 saturated heterocycles. The van der Waals surface area contributed by atoms with E-state index in [0.29, 0.717) is 0 Å². The zero-order chi connectivity index (χ0) is 8.69. The SMILES string of the molecule is CC/C(C)=C/C(=O)OCCF. The molecular formula is C8H13FO2. The fourth-order valence-corrected chi connectivity index (χ4v) is 0.484. The third kappa shape index (κ3) is 5.58. The van der Waals surface area contributed by atoms with Crippen LogP contribution >= 0.6 is 0 Å². The minimum absolute atomic E-state index is 0.147. The molecule has 0 fully saturated rings.